The van der Waals surface area contributed by atoms with Gasteiger partial charge in [0.2, 0.25) is 0 Å². The molecule has 21 heavy (non-hydrogen) atoms. The highest BCUT2D eigenvalue weighted by molar-refractivity contribution is 7.14. The molecule has 0 amide bonds. The Morgan fingerprint density at radius 3 is 2.52 bits per heavy atom. The van der Waals surface area contributed by atoms with E-state index in [1.807, 2.05) is 48.8 Å². The van der Waals surface area contributed by atoms with Gasteiger partial charge in [-0.05, 0) is 17.7 Å². The van der Waals surface area contributed by atoms with Gasteiger partial charge in [0.15, 0.2) is 5.13 Å². The summed E-state index contributed by atoms with van der Waals surface area (Å²) in [7, 11) is 2.03. The van der Waals surface area contributed by atoms with Crippen LogP contribution in [0.2, 0.25) is 0 Å². The molecular weight excluding hydrogens is 280 g/mol. The molecular formula is C17H16N2OS. The number of para-hydroxylation sites is 1. The molecule has 2 aromatic carbocycles. The Labute approximate surface area is 128 Å². The first-order valence-corrected chi connectivity index (χ1v) is 7.61. The molecule has 106 valence electrons. The number of phenols is 1. The lowest BCUT2D eigenvalue weighted by molar-refractivity contribution is 0.477. The first-order valence-electron chi connectivity index (χ1n) is 6.73. The second-order valence-corrected chi connectivity index (χ2v) is 5.71. The number of benzene rings is 2. The summed E-state index contributed by atoms with van der Waals surface area (Å²) in [5, 5.41) is 12.8. The van der Waals surface area contributed by atoms with E-state index < -0.39 is 0 Å². The van der Waals surface area contributed by atoms with Crippen molar-refractivity contribution in [3.8, 4) is 17.0 Å². The van der Waals surface area contributed by atoms with Crippen molar-refractivity contribution in [2.75, 3.05) is 11.9 Å². The Balaban J connectivity index is 1.80. The highest BCUT2D eigenvalue weighted by Gasteiger charge is 2.11. The highest BCUT2D eigenvalue weighted by atomic mass is 32.1. The molecule has 0 unspecified atom stereocenters. The molecule has 1 heterocycles. The van der Waals surface area contributed by atoms with Crippen LogP contribution in [-0.4, -0.2) is 17.1 Å². The van der Waals surface area contributed by atoms with Crippen LogP contribution in [0.5, 0.6) is 5.75 Å². The number of hydrogen-bond donors (Lipinski definition) is 1. The second-order valence-electron chi connectivity index (χ2n) is 4.87. The maximum atomic E-state index is 9.90. The minimum Gasteiger partial charge on any atom is -0.507 e. The van der Waals surface area contributed by atoms with E-state index in [4.69, 9.17) is 0 Å². The molecule has 0 saturated carbocycles. The number of thiazole rings is 1. The average Bonchev–Trinajstić information content (AvgIpc) is 2.98. The quantitative estimate of drug-likeness (QED) is 0.785. The summed E-state index contributed by atoms with van der Waals surface area (Å²) < 4.78 is 0. The molecule has 3 rings (SSSR count). The molecule has 1 aromatic heterocycles. The summed E-state index contributed by atoms with van der Waals surface area (Å²) in [6, 6.07) is 17.6. The van der Waals surface area contributed by atoms with E-state index in [0.717, 1.165) is 22.9 Å². The van der Waals surface area contributed by atoms with Crippen LogP contribution in [0.25, 0.3) is 11.3 Å². The Morgan fingerprint density at radius 2 is 1.76 bits per heavy atom. The molecule has 0 fully saturated rings. The maximum absolute atomic E-state index is 9.90. The zero-order valence-electron chi connectivity index (χ0n) is 11.7. The van der Waals surface area contributed by atoms with Gasteiger partial charge in [0.25, 0.3) is 0 Å². The van der Waals surface area contributed by atoms with Crippen LogP contribution in [0, 0.1) is 0 Å². The summed E-state index contributed by atoms with van der Waals surface area (Å²) in [6.45, 7) is 0.814. The number of aromatic hydroxyl groups is 1. The van der Waals surface area contributed by atoms with Crippen molar-refractivity contribution in [2.24, 2.45) is 0 Å². The summed E-state index contributed by atoms with van der Waals surface area (Å²) in [6.07, 6.45) is 0. The van der Waals surface area contributed by atoms with Gasteiger partial charge < -0.3 is 10.0 Å². The summed E-state index contributed by atoms with van der Waals surface area (Å²) >= 11 is 1.58. The minimum atomic E-state index is 0.264. The molecule has 0 saturated heterocycles. The fourth-order valence-corrected chi connectivity index (χ4v) is 2.97. The number of hydrogen-bond acceptors (Lipinski definition) is 4. The van der Waals surface area contributed by atoms with E-state index >= 15 is 0 Å². The Kier molecular flexibility index (Phi) is 3.88. The van der Waals surface area contributed by atoms with E-state index in [1.165, 1.54) is 5.56 Å². The molecule has 1 N–H and O–H groups in total. The molecule has 0 spiro atoms. The molecule has 0 radical (unpaired) electrons. The molecule has 0 aliphatic rings. The number of nitrogens with zero attached hydrogens (tertiary/aromatic N) is 2. The van der Waals surface area contributed by atoms with Crippen molar-refractivity contribution in [1.29, 1.82) is 0 Å². The summed E-state index contributed by atoms with van der Waals surface area (Å²) in [4.78, 5) is 6.74. The van der Waals surface area contributed by atoms with Gasteiger partial charge in [-0.2, -0.15) is 0 Å². The molecule has 4 heteroatoms. The SMILES string of the molecule is CN(Cc1ccccc1)c1nc(-c2ccccc2O)cs1. The third kappa shape index (κ3) is 3.06. The van der Waals surface area contributed by atoms with Gasteiger partial charge in [-0.15, -0.1) is 11.3 Å². The van der Waals surface area contributed by atoms with Gasteiger partial charge in [-0.25, -0.2) is 4.98 Å². The number of aromatic nitrogens is 1. The molecule has 0 atom stereocenters. The van der Waals surface area contributed by atoms with Crippen LogP contribution in [0.4, 0.5) is 5.13 Å². The monoisotopic (exact) mass is 296 g/mol. The topological polar surface area (TPSA) is 36.4 Å². The maximum Gasteiger partial charge on any atom is 0.185 e. The van der Waals surface area contributed by atoms with Crippen LogP contribution >= 0.6 is 11.3 Å². The van der Waals surface area contributed by atoms with Crippen molar-refractivity contribution < 1.29 is 5.11 Å². The van der Waals surface area contributed by atoms with Gasteiger partial charge in [0.05, 0.1) is 5.69 Å². The van der Waals surface area contributed by atoms with E-state index in [1.54, 1.807) is 17.4 Å². The molecule has 3 nitrogen and oxygen atoms in total. The first-order chi connectivity index (χ1) is 10.2. The van der Waals surface area contributed by atoms with Crippen LogP contribution in [0.3, 0.4) is 0 Å². The molecule has 0 bridgehead atoms. The first kappa shape index (κ1) is 13.6. The van der Waals surface area contributed by atoms with Gasteiger partial charge >= 0.3 is 0 Å². The van der Waals surface area contributed by atoms with Crippen LogP contribution in [0.15, 0.2) is 60.0 Å². The zero-order chi connectivity index (χ0) is 14.7. The normalized spacial score (nSPS) is 10.5. The summed E-state index contributed by atoms with van der Waals surface area (Å²) in [5.41, 5.74) is 2.83. The molecule has 0 aliphatic heterocycles. The predicted molar refractivity (Wildman–Crippen MR) is 87.8 cm³/mol. The standard InChI is InChI=1S/C17H16N2OS/c1-19(11-13-7-3-2-4-8-13)17-18-15(12-21-17)14-9-5-6-10-16(14)20/h2-10,12,20H,11H2,1H3. The van der Waals surface area contributed by atoms with Crippen molar-refractivity contribution in [2.45, 2.75) is 6.54 Å². The van der Waals surface area contributed by atoms with Crippen molar-refractivity contribution in [3.05, 3.63) is 65.5 Å². The van der Waals surface area contributed by atoms with E-state index in [0.29, 0.717) is 0 Å². The fraction of sp³-hybridized carbons (Fsp3) is 0.118. The van der Waals surface area contributed by atoms with Crippen molar-refractivity contribution >= 4 is 16.5 Å². The predicted octanol–water partition coefficient (Wildman–Crippen LogP) is 4.15. The second kappa shape index (κ2) is 5.97. The largest absolute Gasteiger partial charge is 0.507 e. The van der Waals surface area contributed by atoms with E-state index in [2.05, 4.69) is 22.0 Å². The smallest absolute Gasteiger partial charge is 0.185 e. The van der Waals surface area contributed by atoms with Crippen LogP contribution in [-0.2, 0) is 6.54 Å². The Morgan fingerprint density at radius 1 is 1.05 bits per heavy atom. The van der Waals surface area contributed by atoms with Gasteiger partial charge in [-0.1, -0.05) is 42.5 Å². The Hall–Kier alpha value is -2.33. The zero-order valence-corrected chi connectivity index (χ0v) is 12.5. The highest BCUT2D eigenvalue weighted by Crippen LogP contribution is 2.32. The van der Waals surface area contributed by atoms with Gasteiger partial charge in [0, 0.05) is 24.5 Å². The van der Waals surface area contributed by atoms with Gasteiger partial charge in [0.1, 0.15) is 5.75 Å². The fourth-order valence-electron chi connectivity index (χ4n) is 2.18. The summed E-state index contributed by atoms with van der Waals surface area (Å²) in [5.74, 6) is 0.264. The Bertz CT molecular complexity index is 724. The van der Waals surface area contributed by atoms with Crippen LogP contribution in [0.1, 0.15) is 5.56 Å². The van der Waals surface area contributed by atoms with Crippen molar-refractivity contribution in [1.82, 2.24) is 4.98 Å². The molecule has 0 aliphatic carbocycles. The van der Waals surface area contributed by atoms with E-state index in [9.17, 15) is 5.11 Å². The number of phenolic OH excluding ortho intramolecular Hbond substituents is 1. The lowest BCUT2D eigenvalue weighted by Crippen LogP contribution is -2.15. The average molecular weight is 296 g/mol. The molecule has 3 aromatic rings. The van der Waals surface area contributed by atoms with Crippen molar-refractivity contribution in [3.63, 3.8) is 0 Å². The minimum absolute atomic E-state index is 0.264. The number of rotatable bonds is 4. The van der Waals surface area contributed by atoms with Gasteiger partial charge in [-0.3, -0.25) is 0 Å². The van der Waals surface area contributed by atoms with E-state index in [-0.39, 0.29) is 5.75 Å². The lowest BCUT2D eigenvalue weighted by atomic mass is 10.1. The lowest BCUT2D eigenvalue weighted by Gasteiger charge is -2.15. The van der Waals surface area contributed by atoms with Crippen LogP contribution < -0.4 is 4.90 Å². The number of anilines is 1. The third-order valence-electron chi connectivity index (χ3n) is 3.26. The third-order valence-corrected chi connectivity index (χ3v) is 4.22.